The van der Waals surface area contributed by atoms with Crippen molar-refractivity contribution in [3.8, 4) is 0 Å². The molecule has 3 heteroatoms. The van der Waals surface area contributed by atoms with E-state index >= 15 is 0 Å². The molecule has 1 fully saturated rings. The van der Waals surface area contributed by atoms with Gasteiger partial charge in [-0.15, -0.1) is 0 Å². The minimum Gasteiger partial charge on any atom is -0.404 e. The first-order valence-electron chi connectivity index (χ1n) is 7.34. The van der Waals surface area contributed by atoms with Gasteiger partial charge in [-0.25, -0.2) is 0 Å². The Morgan fingerprint density at radius 3 is 2.48 bits per heavy atom. The first-order chi connectivity index (χ1) is 10.1. The molecular formula is C18H17BO2. The van der Waals surface area contributed by atoms with Crippen molar-refractivity contribution >= 4 is 34.1 Å². The summed E-state index contributed by atoms with van der Waals surface area (Å²) in [5.41, 5.74) is 0.896. The molecule has 21 heavy (non-hydrogen) atoms. The molecule has 104 valence electrons. The highest BCUT2D eigenvalue weighted by Gasteiger charge is 2.38. The molecule has 0 aromatic heterocycles. The highest BCUT2D eigenvalue weighted by molar-refractivity contribution is 6.65. The zero-order chi connectivity index (χ0) is 14.4. The summed E-state index contributed by atoms with van der Waals surface area (Å²) >= 11 is 0. The van der Waals surface area contributed by atoms with Gasteiger partial charge < -0.3 is 9.31 Å². The van der Waals surface area contributed by atoms with Crippen molar-refractivity contribution in [2.24, 2.45) is 0 Å². The lowest BCUT2D eigenvalue weighted by Crippen LogP contribution is -2.34. The summed E-state index contributed by atoms with van der Waals surface area (Å²) in [6, 6.07) is 19.2. The van der Waals surface area contributed by atoms with Crippen LogP contribution >= 0.6 is 0 Å². The SMILES string of the molecule is CC1(C)COB(c2cccc3c2ccc2ccccc23)O1. The zero-order valence-corrected chi connectivity index (χ0v) is 12.3. The van der Waals surface area contributed by atoms with Gasteiger partial charge in [0.1, 0.15) is 0 Å². The lowest BCUT2D eigenvalue weighted by molar-refractivity contribution is 0.137. The van der Waals surface area contributed by atoms with E-state index < -0.39 is 0 Å². The van der Waals surface area contributed by atoms with Gasteiger partial charge in [0.25, 0.3) is 0 Å². The van der Waals surface area contributed by atoms with Crippen LogP contribution in [0.15, 0.2) is 54.6 Å². The zero-order valence-electron chi connectivity index (χ0n) is 12.3. The van der Waals surface area contributed by atoms with Crippen LogP contribution in [0.3, 0.4) is 0 Å². The Kier molecular flexibility index (Phi) is 2.81. The minimum absolute atomic E-state index is 0.219. The summed E-state index contributed by atoms with van der Waals surface area (Å²) in [4.78, 5) is 0. The van der Waals surface area contributed by atoms with E-state index in [4.69, 9.17) is 9.31 Å². The molecule has 0 aliphatic carbocycles. The van der Waals surface area contributed by atoms with Crippen molar-refractivity contribution in [2.45, 2.75) is 19.4 Å². The second kappa shape index (κ2) is 4.59. The highest BCUT2D eigenvalue weighted by Crippen LogP contribution is 2.26. The Hall–Kier alpha value is -1.84. The normalized spacial score (nSPS) is 17.7. The van der Waals surface area contributed by atoms with Crippen LogP contribution in [0.1, 0.15) is 13.8 Å². The molecule has 0 saturated carbocycles. The molecule has 1 heterocycles. The summed E-state index contributed by atoms with van der Waals surface area (Å²) in [6.07, 6.45) is 0. The van der Waals surface area contributed by atoms with Crippen molar-refractivity contribution in [1.82, 2.24) is 0 Å². The van der Waals surface area contributed by atoms with Gasteiger partial charge in [-0.1, -0.05) is 54.6 Å². The highest BCUT2D eigenvalue weighted by atomic mass is 16.7. The molecule has 0 radical (unpaired) electrons. The van der Waals surface area contributed by atoms with E-state index in [0.29, 0.717) is 6.61 Å². The summed E-state index contributed by atoms with van der Waals surface area (Å²) in [5, 5.41) is 4.99. The predicted molar refractivity (Wildman–Crippen MR) is 88.0 cm³/mol. The summed E-state index contributed by atoms with van der Waals surface area (Å²) in [6.45, 7) is 4.75. The predicted octanol–water partition coefficient (Wildman–Crippen LogP) is 3.51. The molecular weight excluding hydrogens is 259 g/mol. The van der Waals surface area contributed by atoms with Crippen molar-refractivity contribution in [3.63, 3.8) is 0 Å². The monoisotopic (exact) mass is 276 g/mol. The van der Waals surface area contributed by atoms with Gasteiger partial charge in [-0.2, -0.15) is 0 Å². The van der Waals surface area contributed by atoms with E-state index in [2.05, 4.69) is 68.4 Å². The average molecular weight is 276 g/mol. The van der Waals surface area contributed by atoms with E-state index in [1.54, 1.807) is 0 Å². The van der Waals surface area contributed by atoms with Gasteiger partial charge in [-0.05, 0) is 40.9 Å². The number of rotatable bonds is 1. The number of hydrogen-bond donors (Lipinski definition) is 0. The third-order valence-corrected chi connectivity index (χ3v) is 4.08. The quantitative estimate of drug-likeness (QED) is 0.500. The fraction of sp³-hybridized carbons (Fsp3) is 0.222. The number of fused-ring (bicyclic) bond motifs is 3. The van der Waals surface area contributed by atoms with Gasteiger partial charge in [0, 0.05) is 0 Å². The maximum absolute atomic E-state index is 6.03. The van der Waals surface area contributed by atoms with E-state index in [9.17, 15) is 0 Å². The molecule has 3 aromatic rings. The van der Waals surface area contributed by atoms with Crippen LogP contribution in [0.2, 0.25) is 0 Å². The maximum atomic E-state index is 6.03. The molecule has 0 amide bonds. The van der Waals surface area contributed by atoms with Gasteiger partial charge in [0.15, 0.2) is 0 Å². The smallest absolute Gasteiger partial charge is 0.404 e. The Bertz CT molecular complexity index is 826. The molecule has 0 spiro atoms. The van der Waals surface area contributed by atoms with E-state index in [1.165, 1.54) is 21.5 Å². The van der Waals surface area contributed by atoms with Crippen LogP contribution in [0.25, 0.3) is 21.5 Å². The molecule has 1 aliphatic heterocycles. The first-order valence-corrected chi connectivity index (χ1v) is 7.34. The van der Waals surface area contributed by atoms with Crippen LogP contribution in [0.4, 0.5) is 0 Å². The van der Waals surface area contributed by atoms with Crippen LogP contribution in [0, 0.1) is 0 Å². The second-order valence-electron chi connectivity index (χ2n) is 6.25. The summed E-state index contributed by atoms with van der Waals surface area (Å²) < 4.78 is 11.9. The first kappa shape index (κ1) is 12.9. The van der Waals surface area contributed by atoms with Gasteiger partial charge in [0.2, 0.25) is 0 Å². The van der Waals surface area contributed by atoms with Crippen molar-refractivity contribution in [3.05, 3.63) is 54.6 Å². The largest absolute Gasteiger partial charge is 0.495 e. The summed E-state index contributed by atoms with van der Waals surface area (Å²) in [7, 11) is -0.273. The van der Waals surface area contributed by atoms with Gasteiger partial charge in [-0.3, -0.25) is 0 Å². The molecule has 0 bridgehead atoms. The molecule has 0 N–H and O–H groups in total. The Morgan fingerprint density at radius 2 is 1.67 bits per heavy atom. The fourth-order valence-corrected chi connectivity index (χ4v) is 3.06. The molecule has 1 saturated heterocycles. The Labute approximate surface area is 124 Å². The third-order valence-electron chi connectivity index (χ3n) is 4.08. The van der Waals surface area contributed by atoms with Crippen LogP contribution in [-0.2, 0) is 9.31 Å². The maximum Gasteiger partial charge on any atom is 0.495 e. The molecule has 0 unspecified atom stereocenters. The van der Waals surface area contributed by atoms with Crippen molar-refractivity contribution in [2.75, 3.05) is 6.61 Å². The lowest BCUT2D eigenvalue weighted by atomic mass is 9.75. The van der Waals surface area contributed by atoms with Crippen LogP contribution in [-0.4, -0.2) is 19.3 Å². The molecule has 2 nitrogen and oxygen atoms in total. The standard InChI is InChI=1S/C18H17BO2/c1-18(2)12-20-19(21-18)17-9-5-8-15-14-7-4-3-6-13(14)10-11-16(15)17/h3-11H,12H2,1-2H3. The fourth-order valence-electron chi connectivity index (χ4n) is 3.06. The number of benzene rings is 3. The van der Waals surface area contributed by atoms with Crippen LogP contribution in [0.5, 0.6) is 0 Å². The second-order valence-corrected chi connectivity index (χ2v) is 6.25. The molecule has 0 atom stereocenters. The van der Waals surface area contributed by atoms with Gasteiger partial charge >= 0.3 is 7.12 Å². The molecule has 3 aromatic carbocycles. The molecule has 1 aliphatic rings. The van der Waals surface area contributed by atoms with Crippen molar-refractivity contribution in [1.29, 1.82) is 0 Å². The number of hydrogen-bond acceptors (Lipinski definition) is 2. The third kappa shape index (κ3) is 2.13. The van der Waals surface area contributed by atoms with Crippen LogP contribution < -0.4 is 5.46 Å². The summed E-state index contributed by atoms with van der Waals surface area (Å²) in [5.74, 6) is 0. The van der Waals surface area contributed by atoms with E-state index in [1.807, 2.05) is 0 Å². The van der Waals surface area contributed by atoms with E-state index in [-0.39, 0.29) is 12.7 Å². The topological polar surface area (TPSA) is 18.5 Å². The Balaban J connectivity index is 1.93. The van der Waals surface area contributed by atoms with Gasteiger partial charge in [0.05, 0.1) is 12.2 Å². The lowest BCUT2D eigenvalue weighted by Gasteiger charge is -2.16. The Morgan fingerprint density at radius 1 is 0.857 bits per heavy atom. The average Bonchev–Trinajstić information content (AvgIpc) is 2.86. The van der Waals surface area contributed by atoms with Crippen molar-refractivity contribution < 1.29 is 9.31 Å². The molecule has 4 rings (SSSR count). The van der Waals surface area contributed by atoms with E-state index in [0.717, 1.165) is 5.46 Å². The minimum atomic E-state index is -0.273.